The Morgan fingerprint density at radius 1 is 1.00 bits per heavy atom. The highest BCUT2D eigenvalue weighted by Gasteiger charge is 2.26. The lowest BCUT2D eigenvalue weighted by molar-refractivity contribution is -0.124. The van der Waals surface area contributed by atoms with Gasteiger partial charge in [0.25, 0.3) is 5.91 Å². The lowest BCUT2D eigenvalue weighted by atomic mass is 10.0. The summed E-state index contributed by atoms with van der Waals surface area (Å²) in [4.78, 5) is 25.2. The molecule has 2 N–H and O–H groups in total. The van der Waals surface area contributed by atoms with Crippen LogP contribution >= 0.6 is 11.6 Å². The topological polar surface area (TPSA) is 82.0 Å². The Bertz CT molecular complexity index is 856. The fourth-order valence-corrected chi connectivity index (χ4v) is 2.85. The van der Waals surface area contributed by atoms with Crippen molar-refractivity contribution in [2.24, 2.45) is 5.92 Å². The van der Waals surface area contributed by atoms with Crippen molar-refractivity contribution in [3.63, 3.8) is 0 Å². The number of benzene rings is 2. The molecule has 0 saturated carbocycles. The number of halogens is 1. The lowest BCUT2D eigenvalue weighted by Crippen LogP contribution is -2.50. The summed E-state index contributed by atoms with van der Waals surface area (Å²) >= 11 is 6.07. The number of amides is 2. The van der Waals surface area contributed by atoms with Crippen LogP contribution in [-0.4, -0.2) is 17.9 Å². The maximum Gasteiger partial charge on any atom is 0.253 e. The molecule has 0 bridgehead atoms. The number of nitrogens with zero attached hydrogens (tertiary/aromatic N) is 1. The van der Waals surface area contributed by atoms with E-state index >= 15 is 0 Å². The van der Waals surface area contributed by atoms with Crippen molar-refractivity contribution >= 4 is 23.4 Å². The minimum Gasteiger partial charge on any atom is -0.348 e. The van der Waals surface area contributed by atoms with Gasteiger partial charge < -0.3 is 10.6 Å². The fourth-order valence-electron chi connectivity index (χ4n) is 2.63. The minimum atomic E-state index is -0.699. The van der Waals surface area contributed by atoms with E-state index in [9.17, 15) is 9.59 Å². The van der Waals surface area contributed by atoms with Gasteiger partial charge in [-0.25, -0.2) is 0 Å². The van der Waals surface area contributed by atoms with E-state index in [1.165, 1.54) is 0 Å². The van der Waals surface area contributed by atoms with Crippen LogP contribution in [0.3, 0.4) is 0 Å². The number of hydrogen-bond donors (Lipinski definition) is 2. The van der Waals surface area contributed by atoms with Gasteiger partial charge in [0.1, 0.15) is 6.04 Å². The number of nitrogens with one attached hydrogen (secondary N) is 2. The Hall–Kier alpha value is -2.84. The molecule has 2 amide bonds. The number of nitriles is 1. The average molecular weight is 384 g/mol. The van der Waals surface area contributed by atoms with Crippen LogP contribution in [-0.2, 0) is 4.79 Å². The van der Waals surface area contributed by atoms with Crippen molar-refractivity contribution in [3.8, 4) is 6.07 Å². The molecule has 0 spiro atoms. The molecule has 2 atom stereocenters. The van der Waals surface area contributed by atoms with Crippen LogP contribution in [0.5, 0.6) is 0 Å². The first kappa shape index (κ1) is 20.5. The zero-order chi connectivity index (χ0) is 20.0. The average Bonchev–Trinajstić information content (AvgIpc) is 2.65. The molecule has 0 aliphatic carbocycles. The summed E-state index contributed by atoms with van der Waals surface area (Å²) in [6.45, 7) is 5.58. The number of carbonyl (C=O) groups is 2. The normalized spacial score (nSPS) is 12.7. The van der Waals surface area contributed by atoms with E-state index in [-0.39, 0.29) is 23.8 Å². The van der Waals surface area contributed by atoms with Crippen molar-refractivity contribution in [1.29, 1.82) is 5.26 Å². The van der Waals surface area contributed by atoms with E-state index in [1.54, 1.807) is 48.5 Å². The zero-order valence-corrected chi connectivity index (χ0v) is 16.2. The third-order valence-electron chi connectivity index (χ3n) is 4.25. The van der Waals surface area contributed by atoms with Gasteiger partial charge >= 0.3 is 0 Å². The maximum absolute atomic E-state index is 12.7. The van der Waals surface area contributed by atoms with Gasteiger partial charge in [-0.3, -0.25) is 9.59 Å². The monoisotopic (exact) mass is 383 g/mol. The number of carbonyl (C=O) groups excluding carboxylic acids is 2. The van der Waals surface area contributed by atoms with Gasteiger partial charge in [0, 0.05) is 0 Å². The van der Waals surface area contributed by atoms with Crippen molar-refractivity contribution in [3.05, 3.63) is 70.2 Å². The summed E-state index contributed by atoms with van der Waals surface area (Å²) in [5, 5.41) is 14.9. The fraction of sp³-hybridized carbons (Fsp3) is 0.286. The summed E-state index contributed by atoms with van der Waals surface area (Å²) in [5.74, 6) is -0.771. The van der Waals surface area contributed by atoms with E-state index in [2.05, 4.69) is 16.7 Å². The summed E-state index contributed by atoms with van der Waals surface area (Å²) in [6, 6.07) is 14.8. The Labute approximate surface area is 164 Å². The van der Waals surface area contributed by atoms with Gasteiger partial charge in [-0.1, -0.05) is 49.7 Å². The van der Waals surface area contributed by atoms with Crippen molar-refractivity contribution < 1.29 is 9.59 Å². The Morgan fingerprint density at radius 3 is 2.19 bits per heavy atom. The SMILES string of the molecule is CC(NC(=O)C(NC(=O)c1ccccc1Cl)C(C)C)c1ccc(C#N)cc1. The first-order chi connectivity index (χ1) is 12.8. The Kier molecular flexibility index (Phi) is 6.98. The molecule has 0 fully saturated rings. The van der Waals surface area contributed by atoms with Crippen LogP contribution in [0, 0.1) is 17.2 Å². The molecule has 2 aromatic rings. The quantitative estimate of drug-likeness (QED) is 0.794. The summed E-state index contributed by atoms with van der Waals surface area (Å²) in [5.41, 5.74) is 1.77. The third-order valence-corrected chi connectivity index (χ3v) is 4.58. The van der Waals surface area contributed by atoms with Crippen molar-refractivity contribution in [1.82, 2.24) is 10.6 Å². The van der Waals surface area contributed by atoms with Crippen LogP contribution in [0.15, 0.2) is 48.5 Å². The van der Waals surface area contributed by atoms with Gasteiger partial charge in [-0.05, 0) is 42.7 Å². The molecular formula is C21H22ClN3O2. The second-order valence-electron chi connectivity index (χ2n) is 6.64. The van der Waals surface area contributed by atoms with Crippen LogP contribution in [0.2, 0.25) is 5.02 Å². The molecule has 6 heteroatoms. The van der Waals surface area contributed by atoms with Crippen molar-refractivity contribution in [2.45, 2.75) is 32.9 Å². The predicted octanol–water partition coefficient (Wildman–Crippen LogP) is 3.84. The van der Waals surface area contributed by atoms with Gasteiger partial charge in [0.2, 0.25) is 5.91 Å². The van der Waals surface area contributed by atoms with E-state index in [1.807, 2.05) is 20.8 Å². The molecule has 2 rings (SSSR count). The second-order valence-corrected chi connectivity index (χ2v) is 7.05. The molecule has 0 aliphatic rings. The largest absolute Gasteiger partial charge is 0.348 e. The van der Waals surface area contributed by atoms with Crippen LogP contribution in [0.25, 0.3) is 0 Å². The third kappa shape index (κ3) is 5.32. The molecule has 0 saturated heterocycles. The number of rotatable bonds is 6. The molecule has 0 aliphatic heterocycles. The highest BCUT2D eigenvalue weighted by Crippen LogP contribution is 2.17. The molecular weight excluding hydrogens is 362 g/mol. The first-order valence-corrected chi connectivity index (χ1v) is 9.07. The molecule has 2 aromatic carbocycles. The smallest absolute Gasteiger partial charge is 0.253 e. The summed E-state index contributed by atoms with van der Waals surface area (Å²) in [7, 11) is 0. The van der Waals surface area contributed by atoms with E-state index < -0.39 is 6.04 Å². The first-order valence-electron chi connectivity index (χ1n) is 8.69. The molecule has 0 aromatic heterocycles. The van der Waals surface area contributed by atoms with Gasteiger partial charge in [-0.15, -0.1) is 0 Å². The van der Waals surface area contributed by atoms with E-state index in [4.69, 9.17) is 16.9 Å². The molecule has 2 unspecified atom stereocenters. The lowest BCUT2D eigenvalue weighted by Gasteiger charge is -2.24. The second kappa shape index (κ2) is 9.20. The maximum atomic E-state index is 12.7. The Balaban J connectivity index is 2.09. The van der Waals surface area contributed by atoms with Crippen LogP contribution in [0.4, 0.5) is 0 Å². The summed E-state index contributed by atoms with van der Waals surface area (Å²) in [6.07, 6.45) is 0. The van der Waals surface area contributed by atoms with E-state index in [0.29, 0.717) is 16.1 Å². The highest BCUT2D eigenvalue weighted by molar-refractivity contribution is 6.33. The Morgan fingerprint density at radius 2 is 1.63 bits per heavy atom. The number of hydrogen-bond acceptors (Lipinski definition) is 3. The van der Waals surface area contributed by atoms with Crippen LogP contribution < -0.4 is 10.6 Å². The molecule has 140 valence electrons. The molecule has 5 nitrogen and oxygen atoms in total. The van der Waals surface area contributed by atoms with E-state index in [0.717, 1.165) is 5.56 Å². The van der Waals surface area contributed by atoms with Gasteiger partial charge in [0.15, 0.2) is 0 Å². The minimum absolute atomic E-state index is 0.107. The summed E-state index contributed by atoms with van der Waals surface area (Å²) < 4.78 is 0. The molecule has 0 heterocycles. The predicted molar refractivity (Wildman–Crippen MR) is 105 cm³/mol. The highest BCUT2D eigenvalue weighted by atomic mass is 35.5. The van der Waals surface area contributed by atoms with Crippen molar-refractivity contribution in [2.75, 3.05) is 0 Å². The van der Waals surface area contributed by atoms with Crippen LogP contribution in [0.1, 0.15) is 48.3 Å². The standard InChI is InChI=1S/C21H22ClN3O2/c1-13(2)19(25-20(26)17-6-4-5-7-18(17)22)21(27)24-14(3)16-10-8-15(12-23)9-11-16/h4-11,13-14,19H,1-3H3,(H,24,27)(H,25,26). The van der Waals surface area contributed by atoms with Gasteiger partial charge in [-0.2, -0.15) is 5.26 Å². The zero-order valence-electron chi connectivity index (χ0n) is 15.5. The molecule has 27 heavy (non-hydrogen) atoms. The van der Waals surface area contributed by atoms with Gasteiger partial charge in [0.05, 0.1) is 28.3 Å². The molecule has 0 radical (unpaired) electrons.